The smallest absolute Gasteiger partial charge is 0.287 e. The van der Waals surface area contributed by atoms with Crippen molar-refractivity contribution in [3.63, 3.8) is 0 Å². The molecule has 3 aromatic rings. The van der Waals surface area contributed by atoms with Crippen LogP contribution in [-0.4, -0.2) is 15.7 Å². The Morgan fingerprint density at radius 3 is 2.38 bits per heavy atom. The van der Waals surface area contributed by atoms with E-state index in [2.05, 4.69) is 17.0 Å². The Morgan fingerprint density at radius 1 is 1.21 bits per heavy atom. The van der Waals surface area contributed by atoms with Crippen LogP contribution in [-0.2, 0) is 10.5 Å². The van der Waals surface area contributed by atoms with Gasteiger partial charge in [-0.1, -0.05) is 71.7 Å². The molecule has 2 aromatic carbocycles. The van der Waals surface area contributed by atoms with Gasteiger partial charge >= 0.3 is 0 Å². The number of carbonyl (C=O) groups is 1. The number of nitrogens with one attached hydrogen (secondary N) is 2. The highest BCUT2D eigenvalue weighted by molar-refractivity contribution is 7.98. The van der Waals surface area contributed by atoms with Crippen molar-refractivity contribution in [1.29, 1.82) is 0 Å². The average Bonchev–Trinajstić information content (AvgIpc) is 2.94. The summed E-state index contributed by atoms with van der Waals surface area (Å²) < 4.78 is 1.20. The number of hydrogen-bond acceptors (Lipinski definition) is 3. The molecule has 0 radical (unpaired) electrons. The molecule has 0 fully saturated rings. The van der Waals surface area contributed by atoms with Gasteiger partial charge in [-0.25, -0.2) is 4.68 Å². The van der Waals surface area contributed by atoms with E-state index in [-0.39, 0.29) is 33.0 Å². The summed E-state index contributed by atoms with van der Waals surface area (Å²) in [4.78, 5) is 25.0. The van der Waals surface area contributed by atoms with E-state index in [1.807, 2.05) is 24.3 Å². The lowest BCUT2D eigenvalue weighted by molar-refractivity contribution is -0.114. The van der Waals surface area contributed by atoms with Gasteiger partial charge in [0.2, 0.25) is 5.91 Å². The molecule has 3 rings (SSSR count). The Labute approximate surface area is 186 Å². The third-order valence-corrected chi connectivity index (χ3v) is 5.89. The zero-order chi connectivity index (χ0) is 21.1. The van der Waals surface area contributed by atoms with Gasteiger partial charge in [0, 0.05) is 17.7 Å². The van der Waals surface area contributed by atoms with Crippen LogP contribution in [0.25, 0.3) is 11.8 Å². The summed E-state index contributed by atoms with van der Waals surface area (Å²) in [6, 6.07) is 10.8. The van der Waals surface area contributed by atoms with E-state index < -0.39 is 0 Å². The van der Waals surface area contributed by atoms with Crippen molar-refractivity contribution in [2.24, 2.45) is 0 Å². The summed E-state index contributed by atoms with van der Waals surface area (Å²) >= 11 is 19.8. The number of H-pyrrole nitrogens is 1. The molecule has 0 unspecified atom stereocenters. The topological polar surface area (TPSA) is 66.9 Å². The van der Waals surface area contributed by atoms with Gasteiger partial charge < -0.3 is 5.32 Å². The molecule has 5 nitrogen and oxygen atoms in total. The van der Waals surface area contributed by atoms with E-state index in [1.54, 1.807) is 6.08 Å². The lowest BCUT2D eigenvalue weighted by atomic mass is 10.1. The fraction of sp³-hybridized carbons (Fsp3) is 0.100. The van der Waals surface area contributed by atoms with Crippen molar-refractivity contribution in [3.8, 4) is 5.69 Å². The zero-order valence-corrected chi connectivity index (χ0v) is 18.3. The summed E-state index contributed by atoms with van der Waals surface area (Å²) in [5, 5.41) is 6.29. The second-order valence-corrected chi connectivity index (χ2v) is 8.33. The van der Waals surface area contributed by atoms with Gasteiger partial charge in [-0.3, -0.25) is 14.7 Å². The number of amides is 1. The molecule has 1 heterocycles. The third-order valence-electron chi connectivity index (χ3n) is 3.95. The van der Waals surface area contributed by atoms with E-state index in [9.17, 15) is 9.59 Å². The number of aromatic amines is 1. The SMILES string of the molecule is C=Cc1ccc(CSc2c(NC(C)=O)[nH]n(-c3c(Cl)cc(Cl)cc3Cl)c2=O)cc1. The van der Waals surface area contributed by atoms with Crippen LogP contribution in [0.3, 0.4) is 0 Å². The Hall–Kier alpha value is -2.12. The largest absolute Gasteiger partial charge is 0.310 e. The second kappa shape index (κ2) is 9.13. The van der Waals surface area contributed by atoms with Crippen molar-refractivity contribution in [2.75, 3.05) is 5.32 Å². The average molecular weight is 469 g/mol. The first kappa shape index (κ1) is 21.6. The monoisotopic (exact) mass is 467 g/mol. The molecule has 150 valence electrons. The highest BCUT2D eigenvalue weighted by Crippen LogP contribution is 2.33. The van der Waals surface area contributed by atoms with E-state index in [1.165, 1.54) is 35.5 Å². The number of hydrogen-bond donors (Lipinski definition) is 2. The first-order valence-electron chi connectivity index (χ1n) is 8.42. The minimum absolute atomic E-state index is 0.205. The van der Waals surface area contributed by atoms with E-state index in [0.29, 0.717) is 15.7 Å². The van der Waals surface area contributed by atoms with Gasteiger partial charge in [0.15, 0.2) is 0 Å². The van der Waals surface area contributed by atoms with Crippen LogP contribution in [0, 0.1) is 0 Å². The minimum Gasteiger partial charge on any atom is -0.310 e. The van der Waals surface area contributed by atoms with Gasteiger partial charge in [-0.2, -0.15) is 0 Å². The number of carbonyl (C=O) groups excluding carboxylic acids is 1. The molecular formula is C20H16Cl3N3O2S. The lowest BCUT2D eigenvalue weighted by Gasteiger charge is -2.08. The summed E-state index contributed by atoms with van der Waals surface area (Å²) in [6.45, 7) is 5.09. The highest BCUT2D eigenvalue weighted by Gasteiger charge is 2.20. The fourth-order valence-electron chi connectivity index (χ4n) is 2.63. The maximum atomic E-state index is 13.1. The van der Waals surface area contributed by atoms with Gasteiger partial charge in [-0.15, -0.1) is 11.8 Å². The normalized spacial score (nSPS) is 10.8. The first-order chi connectivity index (χ1) is 13.8. The molecule has 29 heavy (non-hydrogen) atoms. The molecule has 1 aromatic heterocycles. The molecule has 0 aliphatic carbocycles. The van der Waals surface area contributed by atoms with Crippen LogP contribution in [0.1, 0.15) is 18.1 Å². The van der Waals surface area contributed by atoms with E-state index in [4.69, 9.17) is 34.8 Å². The summed E-state index contributed by atoms with van der Waals surface area (Å²) in [5.74, 6) is 0.486. The van der Waals surface area contributed by atoms with Crippen LogP contribution in [0.15, 0.2) is 52.7 Å². The zero-order valence-electron chi connectivity index (χ0n) is 15.3. The number of benzene rings is 2. The molecular weight excluding hydrogens is 453 g/mol. The minimum atomic E-state index is -0.382. The molecule has 0 aliphatic heterocycles. The summed E-state index contributed by atoms with van der Waals surface area (Å²) in [7, 11) is 0. The lowest BCUT2D eigenvalue weighted by Crippen LogP contribution is -2.16. The predicted octanol–water partition coefficient (Wildman–Crippen LogP) is 6.02. The molecule has 0 atom stereocenters. The number of thioether (sulfide) groups is 1. The van der Waals surface area contributed by atoms with Crippen molar-refractivity contribution in [3.05, 3.63) is 79.5 Å². The van der Waals surface area contributed by atoms with Crippen LogP contribution in [0.5, 0.6) is 0 Å². The summed E-state index contributed by atoms with van der Waals surface area (Å²) in [6.07, 6.45) is 1.76. The molecule has 0 bridgehead atoms. The maximum absolute atomic E-state index is 13.1. The number of rotatable bonds is 6. The molecule has 2 N–H and O–H groups in total. The number of anilines is 1. The predicted molar refractivity (Wildman–Crippen MR) is 122 cm³/mol. The Kier molecular flexibility index (Phi) is 6.80. The van der Waals surface area contributed by atoms with Crippen LogP contribution >= 0.6 is 46.6 Å². The molecule has 9 heteroatoms. The Bertz CT molecular complexity index is 1110. The van der Waals surface area contributed by atoms with E-state index >= 15 is 0 Å². The van der Waals surface area contributed by atoms with Crippen LogP contribution < -0.4 is 10.9 Å². The molecule has 0 saturated heterocycles. The van der Waals surface area contributed by atoms with E-state index in [0.717, 1.165) is 11.1 Å². The maximum Gasteiger partial charge on any atom is 0.287 e. The molecule has 0 spiro atoms. The fourth-order valence-corrected chi connectivity index (χ4v) is 4.57. The molecule has 1 amide bonds. The Morgan fingerprint density at radius 2 is 1.83 bits per heavy atom. The van der Waals surface area contributed by atoms with Crippen LogP contribution in [0.4, 0.5) is 5.82 Å². The Balaban J connectivity index is 2.01. The highest BCUT2D eigenvalue weighted by atomic mass is 35.5. The van der Waals surface area contributed by atoms with Gasteiger partial charge in [-0.05, 0) is 23.3 Å². The van der Waals surface area contributed by atoms with Crippen LogP contribution in [0.2, 0.25) is 15.1 Å². The van der Waals surface area contributed by atoms with Crippen molar-refractivity contribution < 1.29 is 4.79 Å². The number of halogens is 3. The second-order valence-electron chi connectivity index (χ2n) is 6.09. The third kappa shape index (κ3) is 4.90. The molecule has 0 aliphatic rings. The van der Waals surface area contributed by atoms with Gasteiger partial charge in [0.05, 0.1) is 10.0 Å². The molecule has 0 saturated carbocycles. The summed E-state index contributed by atoms with van der Waals surface area (Å²) in [5.41, 5.74) is 1.90. The van der Waals surface area contributed by atoms with Crippen molar-refractivity contribution in [2.45, 2.75) is 17.6 Å². The van der Waals surface area contributed by atoms with Gasteiger partial charge in [0.25, 0.3) is 5.56 Å². The first-order valence-corrected chi connectivity index (χ1v) is 10.5. The number of nitrogens with zero attached hydrogens (tertiary/aromatic N) is 1. The van der Waals surface area contributed by atoms with Crippen molar-refractivity contribution in [1.82, 2.24) is 9.78 Å². The standard InChI is InChI=1S/C20H16Cl3N3O2S/c1-3-12-4-6-13(7-5-12)10-29-18-19(24-11(2)27)25-26(20(18)28)17-15(22)8-14(21)9-16(17)23/h3-9,25H,1,10H2,2H3,(H,24,27). The van der Waals surface area contributed by atoms with Crippen molar-refractivity contribution >= 4 is 64.4 Å². The number of aromatic nitrogens is 2. The quantitative estimate of drug-likeness (QED) is 0.435. The van der Waals surface area contributed by atoms with Gasteiger partial charge in [0.1, 0.15) is 16.4 Å².